The van der Waals surface area contributed by atoms with Crippen LogP contribution in [0.4, 0.5) is 0 Å². The largest absolute Gasteiger partial charge is 0.299 e. The van der Waals surface area contributed by atoms with Crippen LogP contribution in [0.1, 0.15) is 17.0 Å². The number of hydrogen-bond donors (Lipinski definition) is 0. The van der Waals surface area contributed by atoms with Crippen molar-refractivity contribution in [2.24, 2.45) is 7.05 Å². The molecule has 0 aliphatic heterocycles. The van der Waals surface area contributed by atoms with Gasteiger partial charge in [0.15, 0.2) is 0 Å². The van der Waals surface area contributed by atoms with Gasteiger partial charge < -0.3 is 0 Å². The number of carbonyl (C=O) groups is 1. The van der Waals surface area contributed by atoms with Crippen molar-refractivity contribution in [1.82, 2.24) is 9.78 Å². The second-order valence-electron chi connectivity index (χ2n) is 4.49. The van der Waals surface area contributed by atoms with Gasteiger partial charge in [-0.05, 0) is 24.6 Å². The zero-order valence-electron chi connectivity index (χ0n) is 10.8. The topological polar surface area (TPSA) is 34.9 Å². The second kappa shape index (κ2) is 5.88. The lowest BCUT2D eigenvalue weighted by Crippen LogP contribution is -2.10. The van der Waals surface area contributed by atoms with Crippen molar-refractivity contribution in [3.8, 4) is 0 Å². The Morgan fingerprint density at radius 2 is 2.16 bits per heavy atom. The average molecular weight is 342 g/mol. The lowest BCUT2D eigenvalue weighted by atomic mass is 10.1. The number of rotatable bonds is 4. The van der Waals surface area contributed by atoms with Gasteiger partial charge in [0, 0.05) is 17.9 Å². The van der Waals surface area contributed by atoms with E-state index < -0.39 is 0 Å². The van der Waals surface area contributed by atoms with Crippen LogP contribution in [-0.2, 0) is 24.7 Å². The number of carbonyl (C=O) groups excluding carboxylic acids is 1. The summed E-state index contributed by atoms with van der Waals surface area (Å²) in [4.78, 5) is 12.1. The van der Waals surface area contributed by atoms with E-state index in [0.717, 1.165) is 21.4 Å². The molecule has 2 rings (SSSR count). The Morgan fingerprint density at radius 3 is 2.74 bits per heavy atom. The van der Waals surface area contributed by atoms with Gasteiger partial charge in [0.1, 0.15) is 5.78 Å². The molecular weight excluding hydrogens is 328 g/mol. The van der Waals surface area contributed by atoms with Gasteiger partial charge in [-0.2, -0.15) is 5.10 Å². The van der Waals surface area contributed by atoms with Crippen molar-refractivity contribution in [2.75, 3.05) is 0 Å². The van der Waals surface area contributed by atoms with Gasteiger partial charge in [-0.15, -0.1) is 0 Å². The highest BCUT2D eigenvalue weighted by Gasteiger charge is 2.15. The number of Topliss-reactive ketones (excluding diaryl/α,β-unsaturated/α-hetero) is 1. The van der Waals surface area contributed by atoms with E-state index in [1.807, 2.05) is 31.2 Å². The summed E-state index contributed by atoms with van der Waals surface area (Å²) in [5, 5.41) is 4.80. The lowest BCUT2D eigenvalue weighted by Gasteiger charge is -2.03. The van der Waals surface area contributed by atoms with Crippen LogP contribution < -0.4 is 0 Å². The van der Waals surface area contributed by atoms with E-state index in [2.05, 4.69) is 21.0 Å². The second-order valence-corrected chi connectivity index (χ2v) is 5.79. The van der Waals surface area contributed by atoms with E-state index >= 15 is 0 Å². The van der Waals surface area contributed by atoms with E-state index in [1.165, 1.54) is 0 Å². The van der Waals surface area contributed by atoms with Crippen LogP contribution in [0.15, 0.2) is 28.7 Å². The normalized spacial score (nSPS) is 10.7. The molecular formula is C14H14BrClN2O. The van der Waals surface area contributed by atoms with Crippen LogP contribution in [0, 0.1) is 6.92 Å². The molecule has 2 aromatic rings. The van der Waals surface area contributed by atoms with E-state index in [-0.39, 0.29) is 5.78 Å². The maximum atomic E-state index is 12.1. The molecule has 0 saturated heterocycles. The molecule has 1 aromatic carbocycles. The third-order valence-corrected chi connectivity index (χ3v) is 3.90. The van der Waals surface area contributed by atoms with Crippen LogP contribution in [0.2, 0.25) is 5.02 Å². The molecule has 0 radical (unpaired) electrons. The highest BCUT2D eigenvalue weighted by atomic mass is 79.9. The molecule has 100 valence electrons. The maximum absolute atomic E-state index is 12.1. The molecule has 0 aliphatic rings. The van der Waals surface area contributed by atoms with Crippen LogP contribution in [0.25, 0.3) is 0 Å². The number of benzene rings is 1. The molecule has 0 aliphatic carbocycles. The predicted molar refractivity (Wildman–Crippen MR) is 79.5 cm³/mol. The van der Waals surface area contributed by atoms with Crippen molar-refractivity contribution < 1.29 is 4.79 Å². The summed E-state index contributed by atoms with van der Waals surface area (Å²) in [7, 11) is 1.81. The highest BCUT2D eigenvalue weighted by Crippen LogP contribution is 2.20. The third kappa shape index (κ3) is 3.45. The smallest absolute Gasteiger partial charge is 0.143 e. The van der Waals surface area contributed by atoms with Crippen molar-refractivity contribution in [3.05, 3.63) is 50.7 Å². The molecule has 0 unspecified atom stereocenters. The summed E-state index contributed by atoms with van der Waals surface area (Å²) in [5.41, 5.74) is 2.53. The number of halogens is 2. The molecule has 0 spiro atoms. The first kappa shape index (κ1) is 14.3. The summed E-state index contributed by atoms with van der Waals surface area (Å²) >= 11 is 9.54. The van der Waals surface area contributed by atoms with Gasteiger partial charge in [-0.25, -0.2) is 0 Å². The minimum atomic E-state index is 0.128. The van der Waals surface area contributed by atoms with Crippen molar-refractivity contribution in [1.29, 1.82) is 0 Å². The van der Waals surface area contributed by atoms with Gasteiger partial charge >= 0.3 is 0 Å². The Kier molecular flexibility index (Phi) is 4.42. The monoisotopic (exact) mass is 340 g/mol. The van der Waals surface area contributed by atoms with E-state index in [4.69, 9.17) is 11.6 Å². The predicted octanol–water partition coefficient (Wildman–Crippen LogP) is 3.50. The molecule has 0 saturated carbocycles. The summed E-state index contributed by atoms with van der Waals surface area (Å²) in [6.45, 7) is 1.84. The summed E-state index contributed by atoms with van der Waals surface area (Å²) in [6.07, 6.45) is 0.711. The summed E-state index contributed by atoms with van der Waals surface area (Å²) in [5.74, 6) is 0.128. The standard InChI is InChI=1S/C14H14BrClN2O/c1-9-14(16)13(18(2)17-9)8-12(19)7-10-4-3-5-11(15)6-10/h3-6H,7-8H2,1-2H3. The van der Waals surface area contributed by atoms with Crippen molar-refractivity contribution >= 4 is 33.3 Å². The zero-order chi connectivity index (χ0) is 14.0. The van der Waals surface area contributed by atoms with Gasteiger partial charge in [0.25, 0.3) is 0 Å². The van der Waals surface area contributed by atoms with Crippen LogP contribution in [-0.4, -0.2) is 15.6 Å². The quantitative estimate of drug-likeness (QED) is 0.853. The summed E-state index contributed by atoms with van der Waals surface area (Å²) < 4.78 is 2.66. The summed E-state index contributed by atoms with van der Waals surface area (Å²) in [6, 6.07) is 7.76. The Bertz CT molecular complexity index is 622. The van der Waals surface area contributed by atoms with Crippen molar-refractivity contribution in [3.63, 3.8) is 0 Å². The van der Waals surface area contributed by atoms with Gasteiger partial charge in [-0.1, -0.05) is 39.7 Å². The molecule has 19 heavy (non-hydrogen) atoms. The molecule has 3 nitrogen and oxygen atoms in total. The fourth-order valence-electron chi connectivity index (χ4n) is 2.00. The Labute approximate surface area is 125 Å². The maximum Gasteiger partial charge on any atom is 0.143 e. The van der Waals surface area contributed by atoms with Crippen LogP contribution >= 0.6 is 27.5 Å². The first-order chi connectivity index (χ1) is 8.97. The lowest BCUT2D eigenvalue weighted by molar-refractivity contribution is -0.117. The number of hydrogen-bond acceptors (Lipinski definition) is 2. The minimum Gasteiger partial charge on any atom is -0.299 e. The van der Waals surface area contributed by atoms with E-state index in [9.17, 15) is 4.79 Å². The minimum absolute atomic E-state index is 0.128. The number of nitrogens with zero attached hydrogens (tertiary/aromatic N) is 2. The Balaban J connectivity index is 2.09. The molecule has 1 heterocycles. The fourth-order valence-corrected chi connectivity index (χ4v) is 2.67. The number of ketones is 1. The SMILES string of the molecule is Cc1nn(C)c(CC(=O)Cc2cccc(Br)c2)c1Cl. The van der Waals surface area contributed by atoms with Crippen LogP contribution in [0.3, 0.4) is 0 Å². The first-order valence-electron chi connectivity index (χ1n) is 5.91. The van der Waals surface area contributed by atoms with Gasteiger partial charge in [-0.3, -0.25) is 9.48 Å². The first-order valence-corrected chi connectivity index (χ1v) is 7.08. The molecule has 1 aromatic heterocycles. The molecule has 0 bridgehead atoms. The molecule has 5 heteroatoms. The van der Waals surface area contributed by atoms with Gasteiger partial charge in [0.2, 0.25) is 0 Å². The zero-order valence-corrected chi connectivity index (χ0v) is 13.1. The number of aryl methyl sites for hydroxylation is 2. The highest BCUT2D eigenvalue weighted by molar-refractivity contribution is 9.10. The van der Waals surface area contributed by atoms with Gasteiger partial charge in [0.05, 0.1) is 22.8 Å². The fraction of sp³-hybridized carbons (Fsp3) is 0.286. The number of aromatic nitrogens is 2. The molecule has 0 N–H and O–H groups in total. The van der Waals surface area contributed by atoms with E-state index in [1.54, 1.807) is 11.7 Å². The van der Waals surface area contributed by atoms with Crippen molar-refractivity contribution in [2.45, 2.75) is 19.8 Å². The molecule has 0 amide bonds. The Hall–Kier alpha value is -1.13. The third-order valence-electron chi connectivity index (χ3n) is 2.92. The molecule has 0 atom stereocenters. The average Bonchev–Trinajstić information content (AvgIpc) is 2.56. The Morgan fingerprint density at radius 1 is 1.42 bits per heavy atom. The van der Waals surface area contributed by atoms with E-state index in [0.29, 0.717) is 17.9 Å². The van der Waals surface area contributed by atoms with Crippen LogP contribution in [0.5, 0.6) is 0 Å². The molecule has 0 fully saturated rings.